The molecule has 0 saturated heterocycles. The molecule has 0 saturated carbocycles. The fraction of sp³-hybridized carbons (Fsp3) is 0.714. The van der Waals surface area contributed by atoms with E-state index in [1.807, 2.05) is 6.07 Å². The standard InChI is InChI=1S/C7H11NO3/c1-3-6(4-8)11-5(2)7(9)10/h5-6H,3H2,1-2H3,(H,9,10)/t5-,6?/m1/s1. The molecule has 1 N–H and O–H groups in total. The first-order valence-corrected chi connectivity index (χ1v) is 3.39. The maximum Gasteiger partial charge on any atom is 0.332 e. The van der Waals surface area contributed by atoms with E-state index >= 15 is 0 Å². The van der Waals surface area contributed by atoms with Crippen LogP contribution in [-0.2, 0) is 9.53 Å². The van der Waals surface area contributed by atoms with Crippen molar-refractivity contribution in [2.75, 3.05) is 0 Å². The van der Waals surface area contributed by atoms with Gasteiger partial charge in [-0.2, -0.15) is 5.26 Å². The van der Waals surface area contributed by atoms with Crippen molar-refractivity contribution in [2.24, 2.45) is 0 Å². The summed E-state index contributed by atoms with van der Waals surface area (Å²) in [6.45, 7) is 3.17. The Labute approximate surface area is 65.4 Å². The Morgan fingerprint density at radius 1 is 1.82 bits per heavy atom. The van der Waals surface area contributed by atoms with Gasteiger partial charge in [-0.3, -0.25) is 0 Å². The molecule has 0 aromatic carbocycles. The first-order chi connectivity index (χ1) is 5.11. The predicted molar refractivity (Wildman–Crippen MR) is 37.9 cm³/mol. The molecule has 0 rings (SSSR count). The highest BCUT2D eigenvalue weighted by Gasteiger charge is 2.15. The van der Waals surface area contributed by atoms with Gasteiger partial charge < -0.3 is 9.84 Å². The minimum absolute atomic E-state index is 0.508. The minimum atomic E-state index is -1.04. The zero-order valence-corrected chi connectivity index (χ0v) is 6.57. The number of nitriles is 1. The molecule has 4 heteroatoms. The first-order valence-electron chi connectivity index (χ1n) is 3.39. The van der Waals surface area contributed by atoms with E-state index in [2.05, 4.69) is 0 Å². The van der Waals surface area contributed by atoms with Gasteiger partial charge in [-0.1, -0.05) is 6.92 Å². The topological polar surface area (TPSA) is 70.3 Å². The molecule has 0 aromatic rings. The summed E-state index contributed by atoms with van der Waals surface area (Å²) in [5.74, 6) is -1.04. The molecular formula is C7H11NO3. The van der Waals surface area contributed by atoms with Gasteiger partial charge in [0.15, 0.2) is 6.10 Å². The van der Waals surface area contributed by atoms with Gasteiger partial charge in [-0.25, -0.2) is 4.79 Å². The van der Waals surface area contributed by atoms with E-state index in [0.29, 0.717) is 6.42 Å². The van der Waals surface area contributed by atoms with Crippen molar-refractivity contribution in [1.82, 2.24) is 0 Å². The highest BCUT2D eigenvalue weighted by atomic mass is 16.5. The van der Waals surface area contributed by atoms with Crippen LogP contribution in [0.1, 0.15) is 20.3 Å². The molecule has 0 aliphatic carbocycles. The zero-order valence-electron chi connectivity index (χ0n) is 6.57. The van der Waals surface area contributed by atoms with Gasteiger partial charge in [0.1, 0.15) is 6.10 Å². The van der Waals surface area contributed by atoms with Crippen molar-refractivity contribution in [3.8, 4) is 6.07 Å². The summed E-state index contributed by atoms with van der Waals surface area (Å²) in [5, 5.41) is 16.8. The predicted octanol–water partition coefficient (Wildman–Crippen LogP) is 0.778. The van der Waals surface area contributed by atoms with Gasteiger partial charge in [0.25, 0.3) is 0 Å². The van der Waals surface area contributed by atoms with E-state index in [1.54, 1.807) is 6.92 Å². The monoisotopic (exact) mass is 157 g/mol. The number of carboxylic acids is 1. The van der Waals surface area contributed by atoms with Crippen LogP contribution < -0.4 is 0 Å². The van der Waals surface area contributed by atoms with Crippen LogP contribution in [0.5, 0.6) is 0 Å². The smallest absolute Gasteiger partial charge is 0.332 e. The Morgan fingerprint density at radius 3 is 2.64 bits per heavy atom. The molecule has 0 amide bonds. The average Bonchev–Trinajstić information content (AvgIpc) is 1.99. The molecule has 2 atom stereocenters. The molecule has 11 heavy (non-hydrogen) atoms. The lowest BCUT2D eigenvalue weighted by Gasteiger charge is -2.11. The van der Waals surface area contributed by atoms with Gasteiger partial charge in [0.05, 0.1) is 6.07 Å². The quantitative estimate of drug-likeness (QED) is 0.654. The Bertz CT molecular complexity index is 173. The molecular weight excluding hydrogens is 146 g/mol. The molecule has 0 heterocycles. The minimum Gasteiger partial charge on any atom is -0.479 e. The second-order valence-electron chi connectivity index (χ2n) is 2.14. The van der Waals surface area contributed by atoms with Gasteiger partial charge in [0, 0.05) is 0 Å². The molecule has 0 radical (unpaired) electrons. The Hall–Kier alpha value is -1.08. The van der Waals surface area contributed by atoms with Gasteiger partial charge in [0.2, 0.25) is 0 Å². The van der Waals surface area contributed by atoms with Crippen LogP contribution in [0.2, 0.25) is 0 Å². The fourth-order valence-corrected chi connectivity index (χ4v) is 0.523. The number of carbonyl (C=O) groups is 1. The van der Waals surface area contributed by atoms with E-state index in [-0.39, 0.29) is 0 Å². The number of aliphatic carboxylic acids is 1. The van der Waals surface area contributed by atoms with Crippen molar-refractivity contribution in [1.29, 1.82) is 5.26 Å². The number of hydrogen-bond acceptors (Lipinski definition) is 3. The van der Waals surface area contributed by atoms with Crippen molar-refractivity contribution in [2.45, 2.75) is 32.5 Å². The summed E-state index contributed by atoms with van der Waals surface area (Å²) in [7, 11) is 0. The molecule has 0 bridgehead atoms. The molecule has 0 aliphatic heterocycles. The van der Waals surface area contributed by atoms with Crippen molar-refractivity contribution in [3.63, 3.8) is 0 Å². The normalized spacial score (nSPS) is 15.0. The van der Waals surface area contributed by atoms with Crippen LogP contribution in [-0.4, -0.2) is 23.3 Å². The molecule has 4 nitrogen and oxygen atoms in total. The second kappa shape index (κ2) is 4.69. The summed E-state index contributed by atoms with van der Waals surface area (Å²) in [6.07, 6.45) is -1.01. The van der Waals surface area contributed by atoms with Gasteiger partial charge in [-0.15, -0.1) is 0 Å². The summed E-state index contributed by atoms with van der Waals surface area (Å²) < 4.78 is 4.85. The third-order valence-electron chi connectivity index (χ3n) is 1.23. The summed E-state index contributed by atoms with van der Waals surface area (Å²) in [6, 6.07) is 1.85. The zero-order chi connectivity index (χ0) is 8.85. The SMILES string of the molecule is CCC(C#N)O[C@H](C)C(=O)O. The van der Waals surface area contributed by atoms with Crippen LogP contribution in [0.3, 0.4) is 0 Å². The highest BCUT2D eigenvalue weighted by molar-refractivity contribution is 5.71. The summed E-state index contributed by atoms with van der Waals surface area (Å²) in [5.41, 5.74) is 0. The lowest BCUT2D eigenvalue weighted by atomic mass is 10.3. The maximum absolute atomic E-state index is 10.2. The van der Waals surface area contributed by atoms with Crippen LogP contribution >= 0.6 is 0 Å². The number of carboxylic acid groups (broad SMARTS) is 1. The van der Waals surface area contributed by atoms with Crippen molar-refractivity contribution in [3.05, 3.63) is 0 Å². The second-order valence-corrected chi connectivity index (χ2v) is 2.14. The summed E-state index contributed by atoms with van der Waals surface area (Å²) in [4.78, 5) is 10.2. The Morgan fingerprint density at radius 2 is 2.36 bits per heavy atom. The fourth-order valence-electron chi connectivity index (χ4n) is 0.523. The van der Waals surface area contributed by atoms with Crippen molar-refractivity contribution < 1.29 is 14.6 Å². The van der Waals surface area contributed by atoms with Gasteiger partial charge in [-0.05, 0) is 13.3 Å². The lowest BCUT2D eigenvalue weighted by molar-refractivity contribution is -0.151. The Kier molecular flexibility index (Phi) is 4.23. The number of ether oxygens (including phenoxy) is 1. The van der Waals surface area contributed by atoms with E-state index in [1.165, 1.54) is 6.92 Å². The van der Waals surface area contributed by atoms with Crippen molar-refractivity contribution >= 4 is 5.97 Å². The molecule has 0 aliphatic rings. The van der Waals surface area contributed by atoms with Crippen LogP contribution in [0, 0.1) is 11.3 Å². The van der Waals surface area contributed by atoms with Crippen LogP contribution in [0.25, 0.3) is 0 Å². The number of hydrogen-bond donors (Lipinski definition) is 1. The molecule has 0 spiro atoms. The third kappa shape index (κ3) is 3.58. The van der Waals surface area contributed by atoms with E-state index in [9.17, 15) is 4.79 Å². The van der Waals surface area contributed by atoms with Crippen LogP contribution in [0.15, 0.2) is 0 Å². The number of nitrogens with zero attached hydrogens (tertiary/aromatic N) is 1. The molecule has 62 valence electrons. The Balaban J connectivity index is 3.83. The molecule has 0 aromatic heterocycles. The van der Waals surface area contributed by atoms with E-state index < -0.39 is 18.2 Å². The average molecular weight is 157 g/mol. The van der Waals surface area contributed by atoms with Crippen LogP contribution in [0.4, 0.5) is 0 Å². The first kappa shape index (κ1) is 9.92. The van der Waals surface area contributed by atoms with E-state index in [4.69, 9.17) is 15.1 Å². The highest BCUT2D eigenvalue weighted by Crippen LogP contribution is 2.01. The third-order valence-corrected chi connectivity index (χ3v) is 1.23. The van der Waals surface area contributed by atoms with E-state index in [0.717, 1.165) is 0 Å². The summed E-state index contributed by atoms with van der Waals surface area (Å²) >= 11 is 0. The maximum atomic E-state index is 10.2. The largest absolute Gasteiger partial charge is 0.479 e. The molecule has 1 unspecified atom stereocenters. The lowest BCUT2D eigenvalue weighted by Crippen LogP contribution is -2.25. The molecule has 0 fully saturated rings. The number of rotatable bonds is 4. The van der Waals surface area contributed by atoms with Gasteiger partial charge >= 0.3 is 5.97 Å².